The molecule has 2 nitrogen and oxygen atoms in total. The average Bonchev–Trinajstić information content (AvgIpc) is 2.01. The lowest BCUT2D eigenvalue weighted by Crippen LogP contribution is -2.11. The van der Waals surface area contributed by atoms with E-state index in [1.54, 1.807) is 0 Å². The molecular formula is C8H7ClF2O2S. The average molecular weight is 241 g/mol. The van der Waals surface area contributed by atoms with E-state index in [-0.39, 0.29) is 0 Å². The number of rotatable bonds is 2. The van der Waals surface area contributed by atoms with Crippen molar-refractivity contribution in [3.63, 3.8) is 0 Å². The standard InChI is InChI=1S/C8H7ClF2O2S/c1-8(10,11)6-4-2-3-5-7(6)14(9,12)13/h2-5H,1H3. The van der Waals surface area contributed by atoms with Gasteiger partial charge in [0.1, 0.15) is 0 Å². The van der Waals surface area contributed by atoms with Crippen LogP contribution in [0, 0.1) is 0 Å². The largest absolute Gasteiger partial charge is 0.271 e. The molecule has 0 fully saturated rings. The molecule has 0 aliphatic carbocycles. The molecule has 1 aromatic carbocycles. The molecule has 1 aromatic rings. The van der Waals surface area contributed by atoms with Crippen molar-refractivity contribution in [1.82, 2.24) is 0 Å². The van der Waals surface area contributed by atoms with E-state index in [4.69, 9.17) is 10.7 Å². The van der Waals surface area contributed by atoms with Crippen molar-refractivity contribution in [2.45, 2.75) is 17.7 Å². The Morgan fingerprint density at radius 3 is 2.14 bits per heavy atom. The molecule has 0 amide bonds. The van der Waals surface area contributed by atoms with Gasteiger partial charge in [-0.2, -0.15) is 0 Å². The van der Waals surface area contributed by atoms with Crippen molar-refractivity contribution in [3.05, 3.63) is 29.8 Å². The zero-order chi connectivity index (χ0) is 11.0. The molecule has 0 unspecified atom stereocenters. The second-order valence-corrected chi connectivity index (χ2v) is 5.36. The van der Waals surface area contributed by atoms with Crippen molar-refractivity contribution >= 4 is 19.7 Å². The Balaban J connectivity index is 3.47. The van der Waals surface area contributed by atoms with Crippen LogP contribution in [0.4, 0.5) is 8.78 Å². The lowest BCUT2D eigenvalue weighted by Gasteiger charge is -2.13. The maximum atomic E-state index is 12.9. The minimum atomic E-state index is -4.12. The molecule has 1 rings (SSSR count). The minimum Gasteiger partial charge on any atom is -0.207 e. The summed E-state index contributed by atoms with van der Waals surface area (Å²) in [5, 5.41) is 0. The first-order chi connectivity index (χ1) is 6.23. The lowest BCUT2D eigenvalue weighted by molar-refractivity contribution is 0.0145. The van der Waals surface area contributed by atoms with Gasteiger partial charge in [0, 0.05) is 23.2 Å². The van der Waals surface area contributed by atoms with Crippen molar-refractivity contribution < 1.29 is 17.2 Å². The van der Waals surface area contributed by atoms with E-state index in [0.717, 1.165) is 12.1 Å². The Morgan fingerprint density at radius 1 is 1.29 bits per heavy atom. The maximum Gasteiger partial charge on any atom is 0.271 e. The van der Waals surface area contributed by atoms with Gasteiger partial charge in [0.05, 0.1) is 4.90 Å². The first-order valence-corrected chi connectivity index (χ1v) is 5.96. The van der Waals surface area contributed by atoms with Gasteiger partial charge in [-0.1, -0.05) is 18.2 Å². The van der Waals surface area contributed by atoms with E-state index in [2.05, 4.69) is 0 Å². The van der Waals surface area contributed by atoms with Gasteiger partial charge in [-0.05, 0) is 6.07 Å². The van der Waals surface area contributed by atoms with Gasteiger partial charge in [-0.3, -0.25) is 0 Å². The predicted molar refractivity (Wildman–Crippen MR) is 49.0 cm³/mol. The molecule has 0 heterocycles. The van der Waals surface area contributed by atoms with Gasteiger partial charge in [0.15, 0.2) is 0 Å². The third-order valence-corrected chi connectivity index (χ3v) is 3.00. The number of hydrogen-bond acceptors (Lipinski definition) is 2. The highest BCUT2D eigenvalue weighted by Crippen LogP contribution is 2.33. The smallest absolute Gasteiger partial charge is 0.207 e. The van der Waals surface area contributed by atoms with Crippen molar-refractivity contribution in [3.8, 4) is 0 Å². The molecule has 0 saturated carbocycles. The van der Waals surface area contributed by atoms with E-state index >= 15 is 0 Å². The summed E-state index contributed by atoms with van der Waals surface area (Å²) in [5.41, 5.74) is -0.588. The summed E-state index contributed by atoms with van der Waals surface area (Å²) < 4.78 is 47.7. The number of benzene rings is 1. The summed E-state index contributed by atoms with van der Waals surface area (Å²) in [5.74, 6) is -3.22. The molecule has 0 spiro atoms. The van der Waals surface area contributed by atoms with Crippen LogP contribution in [0.2, 0.25) is 0 Å². The van der Waals surface area contributed by atoms with E-state index < -0.39 is 25.4 Å². The third-order valence-electron chi connectivity index (χ3n) is 1.62. The number of halogens is 3. The molecular weight excluding hydrogens is 234 g/mol. The summed E-state index contributed by atoms with van der Waals surface area (Å²) in [6.07, 6.45) is 0. The topological polar surface area (TPSA) is 34.1 Å². The summed E-state index contributed by atoms with van der Waals surface area (Å²) in [7, 11) is 0.884. The van der Waals surface area contributed by atoms with E-state index in [1.807, 2.05) is 0 Å². The zero-order valence-corrected chi connectivity index (χ0v) is 8.74. The highest BCUT2D eigenvalue weighted by Gasteiger charge is 2.31. The molecule has 6 heteroatoms. The Morgan fingerprint density at radius 2 is 1.79 bits per heavy atom. The monoisotopic (exact) mass is 240 g/mol. The van der Waals surface area contributed by atoms with Crippen molar-refractivity contribution in [2.75, 3.05) is 0 Å². The molecule has 0 atom stereocenters. The van der Waals surface area contributed by atoms with Crippen LogP contribution in [-0.2, 0) is 15.0 Å². The SMILES string of the molecule is CC(F)(F)c1ccccc1S(=O)(=O)Cl. The fraction of sp³-hybridized carbons (Fsp3) is 0.250. The fourth-order valence-electron chi connectivity index (χ4n) is 1.04. The van der Waals surface area contributed by atoms with Crippen LogP contribution in [0.5, 0.6) is 0 Å². The summed E-state index contributed by atoms with van der Waals surface area (Å²) in [6.45, 7) is 0.619. The Labute approximate surface area is 84.9 Å². The normalized spacial score (nSPS) is 12.9. The molecule has 0 aromatic heterocycles. The fourth-order valence-corrected chi connectivity index (χ4v) is 2.20. The van der Waals surface area contributed by atoms with Crippen LogP contribution in [-0.4, -0.2) is 8.42 Å². The van der Waals surface area contributed by atoms with Crippen LogP contribution < -0.4 is 0 Å². The summed E-state index contributed by atoms with van der Waals surface area (Å²) in [6, 6.07) is 4.76. The van der Waals surface area contributed by atoms with Crippen LogP contribution >= 0.6 is 10.7 Å². The van der Waals surface area contributed by atoms with Gasteiger partial charge >= 0.3 is 0 Å². The van der Waals surface area contributed by atoms with Crippen LogP contribution in [0.15, 0.2) is 29.2 Å². The molecule has 0 aliphatic rings. The molecule has 0 radical (unpaired) electrons. The first kappa shape index (κ1) is 11.4. The molecule has 0 N–H and O–H groups in total. The number of hydrogen-bond donors (Lipinski definition) is 0. The highest BCUT2D eigenvalue weighted by molar-refractivity contribution is 8.13. The Bertz CT molecular complexity index is 437. The quantitative estimate of drug-likeness (QED) is 0.745. The lowest BCUT2D eigenvalue weighted by atomic mass is 10.1. The van der Waals surface area contributed by atoms with Gasteiger partial charge in [0.25, 0.3) is 15.0 Å². The number of alkyl halides is 2. The Hall–Kier alpha value is -0.680. The van der Waals surface area contributed by atoms with Crippen LogP contribution in [0.1, 0.15) is 12.5 Å². The van der Waals surface area contributed by atoms with Crippen LogP contribution in [0.25, 0.3) is 0 Å². The molecule has 0 saturated heterocycles. The van der Waals surface area contributed by atoms with Crippen LogP contribution in [0.3, 0.4) is 0 Å². The summed E-state index contributed by atoms with van der Waals surface area (Å²) in [4.78, 5) is -0.547. The zero-order valence-electron chi connectivity index (χ0n) is 7.17. The summed E-state index contributed by atoms with van der Waals surface area (Å²) >= 11 is 0. The maximum absolute atomic E-state index is 12.9. The van der Waals surface area contributed by atoms with Gasteiger partial charge in [0.2, 0.25) is 0 Å². The van der Waals surface area contributed by atoms with E-state index in [9.17, 15) is 17.2 Å². The van der Waals surface area contributed by atoms with Gasteiger partial charge in [-0.25, -0.2) is 17.2 Å². The second-order valence-electron chi connectivity index (χ2n) is 2.82. The minimum absolute atomic E-state index is 0.547. The molecule has 14 heavy (non-hydrogen) atoms. The van der Waals surface area contributed by atoms with E-state index in [0.29, 0.717) is 6.92 Å². The Kier molecular flexibility index (Phi) is 2.83. The molecule has 0 bridgehead atoms. The van der Waals surface area contributed by atoms with Crippen molar-refractivity contribution in [1.29, 1.82) is 0 Å². The predicted octanol–water partition coefficient (Wildman–Crippen LogP) is 2.73. The first-order valence-electron chi connectivity index (χ1n) is 3.65. The third kappa shape index (κ3) is 2.42. The van der Waals surface area contributed by atoms with E-state index in [1.165, 1.54) is 12.1 Å². The van der Waals surface area contributed by atoms with Crippen molar-refractivity contribution in [2.24, 2.45) is 0 Å². The highest BCUT2D eigenvalue weighted by atomic mass is 35.7. The van der Waals surface area contributed by atoms with Gasteiger partial charge < -0.3 is 0 Å². The second kappa shape index (κ2) is 3.47. The molecule has 78 valence electrons. The van der Waals surface area contributed by atoms with Gasteiger partial charge in [-0.15, -0.1) is 0 Å². The molecule has 0 aliphatic heterocycles.